The van der Waals surface area contributed by atoms with E-state index in [1.807, 2.05) is 36.5 Å². The first-order chi connectivity index (χ1) is 13.3. The first-order valence-corrected chi connectivity index (χ1v) is 9.92. The summed E-state index contributed by atoms with van der Waals surface area (Å²) in [6.07, 6.45) is 7.17. The van der Waals surface area contributed by atoms with Crippen LogP contribution in [0.4, 0.5) is 5.95 Å². The van der Waals surface area contributed by atoms with E-state index in [2.05, 4.69) is 15.3 Å². The van der Waals surface area contributed by atoms with Crippen LogP contribution in [-0.2, 0) is 4.74 Å². The van der Waals surface area contributed by atoms with Crippen LogP contribution in [0.25, 0.3) is 11.3 Å². The van der Waals surface area contributed by atoms with Crippen molar-refractivity contribution >= 4 is 5.95 Å². The lowest BCUT2D eigenvalue weighted by Gasteiger charge is -2.26. The van der Waals surface area contributed by atoms with Gasteiger partial charge in [-0.2, -0.15) is 0 Å². The molecule has 6 heteroatoms. The number of aromatic nitrogens is 2. The molecule has 0 amide bonds. The molecule has 2 aromatic rings. The van der Waals surface area contributed by atoms with Crippen LogP contribution >= 0.6 is 0 Å². The molecule has 1 saturated carbocycles. The lowest BCUT2D eigenvalue weighted by atomic mass is 9.92. The number of anilines is 1. The molecule has 2 aliphatic rings. The summed E-state index contributed by atoms with van der Waals surface area (Å²) in [6.45, 7) is 2.37. The number of ether oxygens (including phenoxy) is 2. The number of nitrogens with one attached hydrogen (secondary N) is 1. The van der Waals surface area contributed by atoms with E-state index in [4.69, 9.17) is 15.2 Å². The van der Waals surface area contributed by atoms with E-state index in [9.17, 15) is 0 Å². The minimum absolute atomic E-state index is 0.345. The summed E-state index contributed by atoms with van der Waals surface area (Å²) in [7, 11) is 0. The fourth-order valence-electron chi connectivity index (χ4n) is 3.69. The van der Waals surface area contributed by atoms with E-state index < -0.39 is 0 Å². The Bertz CT molecular complexity index is 723. The van der Waals surface area contributed by atoms with Crippen molar-refractivity contribution in [2.24, 2.45) is 11.7 Å². The van der Waals surface area contributed by atoms with Crippen LogP contribution in [-0.4, -0.2) is 41.9 Å². The minimum Gasteiger partial charge on any atom is -0.493 e. The van der Waals surface area contributed by atoms with Gasteiger partial charge in [0, 0.05) is 36.4 Å². The first kappa shape index (κ1) is 18.2. The second kappa shape index (κ2) is 8.67. The Balaban J connectivity index is 1.36. The summed E-state index contributed by atoms with van der Waals surface area (Å²) in [4.78, 5) is 9.06. The third kappa shape index (κ3) is 4.96. The molecule has 1 aliphatic carbocycles. The van der Waals surface area contributed by atoms with Crippen molar-refractivity contribution in [2.75, 3.05) is 25.1 Å². The average Bonchev–Trinajstić information content (AvgIpc) is 3.23. The molecule has 0 radical (unpaired) electrons. The van der Waals surface area contributed by atoms with Crippen molar-refractivity contribution in [3.8, 4) is 17.0 Å². The van der Waals surface area contributed by atoms with Crippen molar-refractivity contribution < 1.29 is 9.47 Å². The van der Waals surface area contributed by atoms with Gasteiger partial charge in [0.25, 0.3) is 0 Å². The van der Waals surface area contributed by atoms with Gasteiger partial charge in [0.05, 0.1) is 18.9 Å². The van der Waals surface area contributed by atoms with Gasteiger partial charge in [0.1, 0.15) is 5.75 Å². The summed E-state index contributed by atoms with van der Waals surface area (Å²) in [6, 6.07) is 10.8. The molecule has 0 bridgehead atoms. The molecule has 1 aromatic heterocycles. The van der Waals surface area contributed by atoms with Gasteiger partial charge in [-0.15, -0.1) is 0 Å². The largest absolute Gasteiger partial charge is 0.493 e. The predicted molar refractivity (Wildman–Crippen MR) is 106 cm³/mol. The summed E-state index contributed by atoms with van der Waals surface area (Å²) >= 11 is 0. The fraction of sp³-hybridized carbons (Fsp3) is 0.524. The number of hydrogen-bond donors (Lipinski definition) is 2. The molecular weight excluding hydrogens is 340 g/mol. The molecule has 1 aliphatic heterocycles. The summed E-state index contributed by atoms with van der Waals surface area (Å²) in [5.41, 5.74) is 7.95. The van der Waals surface area contributed by atoms with Crippen LogP contribution in [0, 0.1) is 5.92 Å². The van der Waals surface area contributed by atoms with E-state index in [0.717, 1.165) is 62.3 Å². The molecule has 2 fully saturated rings. The summed E-state index contributed by atoms with van der Waals surface area (Å²) in [5, 5.41) is 3.46. The predicted octanol–water partition coefficient (Wildman–Crippen LogP) is 3.24. The van der Waals surface area contributed by atoms with Gasteiger partial charge in [0.15, 0.2) is 0 Å². The number of benzene rings is 1. The zero-order valence-corrected chi connectivity index (χ0v) is 15.6. The molecule has 0 spiro atoms. The average molecular weight is 368 g/mol. The maximum absolute atomic E-state index is 5.98. The SMILES string of the molecule is NC1CCC(Nc2nccc(-c3ccc(OCC4CCOC4)cc3)n2)CC1. The zero-order chi connectivity index (χ0) is 18.5. The van der Waals surface area contributed by atoms with E-state index in [1.54, 1.807) is 0 Å². The highest BCUT2D eigenvalue weighted by molar-refractivity contribution is 5.61. The smallest absolute Gasteiger partial charge is 0.223 e. The molecule has 27 heavy (non-hydrogen) atoms. The quantitative estimate of drug-likeness (QED) is 0.814. The lowest BCUT2D eigenvalue weighted by molar-refractivity contribution is 0.167. The van der Waals surface area contributed by atoms with Gasteiger partial charge in [-0.3, -0.25) is 0 Å². The second-order valence-electron chi connectivity index (χ2n) is 7.59. The third-order valence-electron chi connectivity index (χ3n) is 5.42. The van der Waals surface area contributed by atoms with Crippen LogP contribution in [0.3, 0.4) is 0 Å². The van der Waals surface area contributed by atoms with Crippen LogP contribution in [0.5, 0.6) is 5.75 Å². The standard InChI is InChI=1S/C21H28N4O2/c22-17-3-5-18(6-4-17)24-21-23-11-9-20(25-21)16-1-7-19(8-2-16)27-14-15-10-12-26-13-15/h1-2,7-9,11,15,17-18H,3-6,10,12-14,22H2,(H,23,24,25). The maximum Gasteiger partial charge on any atom is 0.223 e. The van der Waals surface area contributed by atoms with Crippen molar-refractivity contribution in [2.45, 2.75) is 44.2 Å². The van der Waals surface area contributed by atoms with E-state index in [0.29, 0.717) is 30.6 Å². The molecule has 6 nitrogen and oxygen atoms in total. The highest BCUT2D eigenvalue weighted by Gasteiger charge is 2.19. The highest BCUT2D eigenvalue weighted by atomic mass is 16.5. The molecule has 3 N–H and O–H groups in total. The Morgan fingerprint density at radius 2 is 1.89 bits per heavy atom. The first-order valence-electron chi connectivity index (χ1n) is 9.92. The Morgan fingerprint density at radius 3 is 2.63 bits per heavy atom. The lowest BCUT2D eigenvalue weighted by Crippen LogP contribution is -2.33. The molecule has 1 aromatic carbocycles. The number of nitrogens with zero attached hydrogens (tertiary/aromatic N) is 2. The normalized spacial score (nSPS) is 25.3. The number of nitrogens with two attached hydrogens (primary N) is 1. The van der Waals surface area contributed by atoms with Gasteiger partial charge in [0.2, 0.25) is 5.95 Å². The number of hydrogen-bond acceptors (Lipinski definition) is 6. The Kier molecular flexibility index (Phi) is 5.84. The molecule has 1 saturated heterocycles. The molecule has 4 rings (SSSR count). The van der Waals surface area contributed by atoms with Crippen molar-refractivity contribution in [3.05, 3.63) is 36.5 Å². The Hall–Kier alpha value is -2.18. The van der Waals surface area contributed by atoms with E-state index in [-0.39, 0.29) is 0 Å². The Morgan fingerprint density at radius 1 is 1.07 bits per heavy atom. The second-order valence-corrected chi connectivity index (χ2v) is 7.59. The van der Waals surface area contributed by atoms with Gasteiger partial charge in [-0.05, 0) is 62.4 Å². The molecule has 2 heterocycles. The molecular formula is C21H28N4O2. The van der Waals surface area contributed by atoms with Gasteiger partial charge in [-0.1, -0.05) is 0 Å². The Labute approximate surface area is 160 Å². The number of rotatable bonds is 6. The zero-order valence-electron chi connectivity index (χ0n) is 15.6. The monoisotopic (exact) mass is 368 g/mol. The molecule has 1 atom stereocenters. The van der Waals surface area contributed by atoms with Crippen molar-refractivity contribution in [1.29, 1.82) is 0 Å². The van der Waals surface area contributed by atoms with E-state index in [1.165, 1.54) is 0 Å². The third-order valence-corrected chi connectivity index (χ3v) is 5.42. The minimum atomic E-state index is 0.345. The van der Waals surface area contributed by atoms with Gasteiger partial charge < -0.3 is 20.5 Å². The van der Waals surface area contributed by atoms with Gasteiger partial charge >= 0.3 is 0 Å². The van der Waals surface area contributed by atoms with Crippen molar-refractivity contribution in [1.82, 2.24) is 9.97 Å². The molecule has 144 valence electrons. The van der Waals surface area contributed by atoms with E-state index >= 15 is 0 Å². The topological polar surface area (TPSA) is 82.3 Å². The fourth-order valence-corrected chi connectivity index (χ4v) is 3.69. The summed E-state index contributed by atoms with van der Waals surface area (Å²) < 4.78 is 11.3. The van der Waals surface area contributed by atoms with Crippen LogP contribution in [0.15, 0.2) is 36.5 Å². The highest BCUT2D eigenvalue weighted by Crippen LogP contribution is 2.24. The van der Waals surface area contributed by atoms with Crippen LogP contribution < -0.4 is 15.8 Å². The van der Waals surface area contributed by atoms with Crippen LogP contribution in [0.1, 0.15) is 32.1 Å². The molecule has 1 unspecified atom stereocenters. The van der Waals surface area contributed by atoms with Crippen LogP contribution in [0.2, 0.25) is 0 Å². The maximum atomic E-state index is 5.98. The van der Waals surface area contributed by atoms with Gasteiger partial charge in [-0.25, -0.2) is 9.97 Å². The summed E-state index contributed by atoms with van der Waals surface area (Å²) in [5.74, 6) is 2.08. The van der Waals surface area contributed by atoms with Crippen molar-refractivity contribution in [3.63, 3.8) is 0 Å².